The van der Waals surface area contributed by atoms with Crippen molar-refractivity contribution in [1.29, 1.82) is 0 Å². The minimum Gasteiger partial charge on any atom is -0.310 e. The molecule has 0 atom stereocenters. The van der Waals surface area contributed by atoms with Crippen LogP contribution >= 0.6 is 11.3 Å². The van der Waals surface area contributed by atoms with E-state index in [0.717, 1.165) is 22.7 Å². The normalized spacial score (nSPS) is 11.5. The van der Waals surface area contributed by atoms with E-state index < -0.39 is 0 Å². The van der Waals surface area contributed by atoms with Crippen molar-refractivity contribution in [2.75, 3.05) is 4.90 Å². The molecule has 10 aromatic carbocycles. The van der Waals surface area contributed by atoms with E-state index in [-0.39, 0.29) is 0 Å². The van der Waals surface area contributed by atoms with Gasteiger partial charge in [-0.2, -0.15) is 0 Å². The summed E-state index contributed by atoms with van der Waals surface area (Å²) in [5.74, 6) is 0. The summed E-state index contributed by atoms with van der Waals surface area (Å²) in [5.41, 5.74) is 16.4. The molecule has 0 aliphatic carbocycles. The van der Waals surface area contributed by atoms with E-state index in [1.54, 1.807) is 0 Å². The van der Waals surface area contributed by atoms with Crippen LogP contribution in [0.5, 0.6) is 0 Å². The van der Waals surface area contributed by atoms with E-state index in [1.165, 1.54) is 86.5 Å². The Morgan fingerprint density at radius 1 is 0.302 bits per heavy atom. The highest BCUT2D eigenvalue weighted by Crippen LogP contribution is 2.45. The molecule has 2 aromatic heterocycles. The van der Waals surface area contributed by atoms with Crippen LogP contribution in [0.1, 0.15) is 0 Å². The van der Waals surface area contributed by atoms with Crippen molar-refractivity contribution in [1.82, 2.24) is 4.57 Å². The molecule has 12 aromatic rings. The second-order valence-corrected chi connectivity index (χ2v) is 17.2. The highest BCUT2D eigenvalue weighted by atomic mass is 32.1. The standard InChI is InChI=1S/C60H40N2S/c1-4-17-41(18-5-1)44-31-34-57(52(38-44)42-19-6-2-7-20-42)62-56-29-14-11-26-50(56)53-39-45(32-35-58(53)62)43-21-16-22-46(37-43)49-25-10-13-28-55(49)61(47-23-8-3-9-24-47)48-33-36-60-54(40-48)51-27-12-15-30-59(51)63-60/h1-40H. The SMILES string of the molecule is c1ccc(-c2ccc(-n3c4ccccc4c4cc(-c5cccc(-c6ccccc6N(c6ccccc6)c6ccc7sc8ccccc8c7c6)c5)ccc43)c(-c3ccccc3)c2)cc1. The van der Waals surface area contributed by atoms with E-state index in [9.17, 15) is 0 Å². The Bertz CT molecular complexity index is 3620. The van der Waals surface area contributed by atoms with Gasteiger partial charge in [0.1, 0.15) is 0 Å². The zero-order valence-electron chi connectivity index (χ0n) is 34.4. The van der Waals surface area contributed by atoms with Crippen LogP contribution in [0.25, 0.3) is 92.2 Å². The molecule has 0 fully saturated rings. The van der Waals surface area contributed by atoms with Crippen LogP contribution in [-0.2, 0) is 0 Å². The second kappa shape index (κ2) is 15.5. The summed E-state index contributed by atoms with van der Waals surface area (Å²) in [4.78, 5) is 2.41. The molecule has 0 aliphatic rings. The maximum Gasteiger partial charge on any atom is 0.0541 e. The lowest BCUT2D eigenvalue weighted by atomic mass is 9.96. The van der Waals surface area contributed by atoms with Crippen LogP contribution in [-0.4, -0.2) is 4.57 Å². The first-order valence-electron chi connectivity index (χ1n) is 21.5. The molecule has 0 amide bonds. The zero-order valence-corrected chi connectivity index (χ0v) is 35.2. The minimum atomic E-state index is 1.12. The Hall–Kier alpha value is -7.98. The third-order valence-electron chi connectivity index (χ3n) is 12.4. The molecule has 0 bridgehead atoms. The number of anilines is 3. The van der Waals surface area contributed by atoms with Gasteiger partial charge in [0.25, 0.3) is 0 Å². The van der Waals surface area contributed by atoms with E-state index in [2.05, 4.69) is 252 Å². The van der Waals surface area contributed by atoms with Crippen LogP contribution < -0.4 is 4.90 Å². The molecular weight excluding hydrogens is 781 g/mol. The highest BCUT2D eigenvalue weighted by molar-refractivity contribution is 7.25. The molecule has 0 aliphatic heterocycles. The van der Waals surface area contributed by atoms with Crippen molar-refractivity contribution < 1.29 is 0 Å². The van der Waals surface area contributed by atoms with Gasteiger partial charge in [-0.1, -0.05) is 164 Å². The van der Waals surface area contributed by atoms with Crippen molar-refractivity contribution in [3.63, 3.8) is 0 Å². The maximum absolute atomic E-state index is 2.45. The summed E-state index contributed by atoms with van der Waals surface area (Å²) >= 11 is 1.85. The van der Waals surface area contributed by atoms with E-state index in [1.807, 2.05) is 11.3 Å². The monoisotopic (exact) mass is 820 g/mol. The molecule has 296 valence electrons. The fourth-order valence-electron chi connectivity index (χ4n) is 9.44. The van der Waals surface area contributed by atoms with Crippen molar-refractivity contribution >= 4 is 70.4 Å². The van der Waals surface area contributed by atoms with Gasteiger partial charge in [0, 0.05) is 53.4 Å². The Morgan fingerprint density at radius 2 is 0.905 bits per heavy atom. The summed E-state index contributed by atoms with van der Waals surface area (Å²) in [6.07, 6.45) is 0. The van der Waals surface area contributed by atoms with Gasteiger partial charge in [-0.3, -0.25) is 0 Å². The Balaban J connectivity index is 0.983. The quantitative estimate of drug-likeness (QED) is 0.148. The van der Waals surface area contributed by atoms with Crippen LogP contribution in [0.3, 0.4) is 0 Å². The van der Waals surface area contributed by atoms with Gasteiger partial charge in [0.05, 0.1) is 22.4 Å². The molecule has 0 unspecified atom stereocenters. The Kier molecular flexibility index (Phi) is 9.06. The third kappa shape index (κ3) is 6.50. The third-order valence-corrected chi connectivity index (χ3v) is 13.5. The molecule has 0 saturated carbocycles. The first kappa shape index (κ1) is 36.8. The first-order valence-corrected chi connectivity index (χ1v) is 22.3. The van der Waals surface area contributed by atoms with Gasteiger partial charge in [-0.25, -0.2) is 0 Å². The number of aromatic nitrogens is 1. The predicted molar refractivity (Wildman–Crippen MR) is 270 cm³/mol. The van der Waals surface area contributed by atoms with E-state index >= 15 is 0 Å². The minimum absolute atomic E-state index is 1.12. The van der Waals surface area contributed by atoms with Crippen molar-refractivity contribution in [3.05, 3.63) is 243 Å². The highest BCUT2D eigenvalue weighted by Gasteiger charge is 2.20. The lowest BCUT2D eigenvalue weighted by Gasteiger charge is -2.28. The molecule has 2 heterocycles. The molecular formula is C60H40N2S. The first-order chi connectivity index (χ1) is 31.2. The number of hydrogen-bond acceptors (Lipinski definition) is 2. The topological polar surface area (TPSA) is 8.17 Å². The fourth-order valence-corrected chi connectivity index (χ4v) is 10.5. The van der Waals surface area contributed by atoms with Crippen LogP contribution in [0.4, 0.5) is 17.1 Å². The number of hydrogen-bond donors (Lipinski definition) is 0. The van der Waals surface area contributed by atoms with Gasteiger partial charge in [0.15, 0.2) is 0 Å². The second-order valence-electron chi connectivity index (χ2n) is 16.1. The Labute approximate surface area is 370 Å². The van der Waals surface area contributed by atoms with Gasteiger partial charge in [-0.05, 0) is 112 Å². The van der Waals surface area contributed by atoms with Crippen molar-refractivity contribution in [2.45, 2.75) is 0 Å². The summed E-state index contributed by atoms with van der Waals surface area (Å²) in [6, 6.07) is 88.4. The average Bonchev–Trinajstić information content (AvgIpc) is 3.90. The van der Waals surface area contributed by atoms with Crippen LogP contribution in [0.2, 0.25) is 0 Å². The van der Waals surface area contributed by atoms with Gasteiger partial charge < -0.3 is 9.47 Å². The molecule has 0 spiro atoms. The van der Waals surface area contributed by atoms with E-state index in [0.29, 0.717) is 0 Å². The lowest BCUT2D eigenvalue weighted by Crippen LogP contribution is -2.11. The smallest absolute Gasteiger partial charge is 0.0541 e. The van der Waals surface area contributed by atoms with Crippen molar-refractivity contribution in [3.8, 4) is 50.2 Å². The summed E-state index contributed by atoms with van der Waals surface area (Å²) in [7, 11) is 0. The van der Waals surface area contributed by atoms with Crippen LogP contribution in [0.15, 0.2) is 243 Å². The van der Waals surface area contributed by atoms with Crippen LogP contribution in [0, 0.1) is 0 Å². The average molecular weight is 821 g/mol. The number of nitrogens with zero attached hydrogens (tertiary/aromatic N) is 2. The molecule has 0 radical (unpaired) electrons. The predicted octanol–water partition coefficient (Wildman–Crippen LogP) is 17.3. The molecule has 0 N–H and O–H groups in total. The fraction of sp³-hybridized carbons (Fsp3) is 0. The zero-order chi connectivity index (χ0) is 41.7. The molecule has 2 nitrogen and oxygen atoms in total. The lowest BCUT2D eigenvalue weighted by molar-refractivity contribution is 1.18. The molecule has 3 heteroatoms. The van der Waals surface area contributed by atoms with Crippen molar-refractivity contribution in [2.24, 2.45) is 0 Å². The maximum atomic E-state index is 2.45. The van der Waals surface area contributed by atoms with Gasteiger partial charge >= 0.3 is 0 Å². The number of fused-ring (bicyclic) bond motifs is 6. The van der Waals surface area contributed by atoms with E-state index in [4.69, 9.17) is 0 Å². The number of para-hydroxylation sites is 3. The molecule has 0 saturated heterocycles. The summed E-state index contributed by atoms with van der Waals surface area (Å²) < 4.78 is 5.06. The van der Waals surface area contributed by atoms with Gasteiger partial charge in [-0.15, -0.1) is 11.3 Å². The largest absolute Gasteiger partial charge is 0.310 e. The summed E-state index contributed by atoms with van der Waals surface area (Å²) in [6.45, 7) is 0. The van der Waals surface area contributed by atoms with Gasteiger partial charge in [0.2, 0.25) is 0 Å². The molecule has 12 rings (SSSR count). The summed E-state index contributed by atoms with van der Waals surface area (Å²) in [5, 5.41) is 5.04. The molecule has 63 heavy (non-hydrogen) atoms. The number of thiophene rings is 1. The Morgan fingerprint density at radius 3 is 1.75 bits per heavy atom. The number of rotatable bonds is 8. The number of benzene rings is 10.